The summed E-state index contributed by atoms with van der Waals surface area (Å²) in [5.74, 6) is 1.35. The van der Waals surface area contributed by atoms with Crippen LogP contribution in [0.25, 0.3) is 0 Å². The van der Waals surface area contributed by atoms with Crippen molar-refractivity contribution in [2.24, 2.45) is 5.73 Å². The third-order valence-electron chi connectivity index (χ3n) is 4.45. The molecule has 2 atom stereocenters. The molecule has 3 rings (SSSR count). The second-order valence-corrected chi connectivity index (χ2v) is 6.15. The molecule has 1 heterocycles. The maximum absolute atomic E-state index is 12.5. The predicted molar refractivity (Wildman–Crippen MR) is 104 cm³/mol. The summed E-state index contributed by atoms with van der Waals surface area (Å²) in [6.07, 6.45) is 0. The van der Waals surface area contributed by atoms with E-state index in [2.05, 4.69) is 12.1 Å². The summed E-state index contributed by atoms with van der Waals surface area (Å²) >= 11 is 0. The van der Waals surface area contributed by atoms with Gasteiger partial charge in [-0.1, -0.05) is 42.5 Å². The third-order valence-corrected chi connectivity index (χ3v) is 4.45. The number of hydrogen-bond acceptors (Lipinski definition) is 4. The van der Waals surface area contributed by atoms with Crippen molar-refractivity contribution < 1.29 is 14.3 Å². The maximum atomic E-state index is 12.5. The minimum Gasteiger partial charge on any atom is -0.490 e. The number of rotatable bonds is 6. The van der Waals surface area contributed by atoms with Gasteiger partial charge >= 0.3 is 0 Å². The Bertz CT molecular complexity index is 711. The van der Waals surface area contributed by atoms with Gasteiger partial charge in [-0.3, -0.25) is 4.79 Å². The Labute approximate surface area is 160 Å². The molecule has 0 saturated carbocycles. The van der Waals surface area contributed by atoms with Gasteiger partial charge in [-0.05, 0) is 24.6 Å². The van der Waals surface area contributed by atoms with Crippen LogP contribution in [0, 0.1) is 0 Å². The standard InChI is InChI=1S/C20H24N2O3.ClH/c1-2-24-18-10-6-7-11-19(18)25-14-20(23)22-12-16(17(21)13-22)15-8-4-3-5-9-15;/h3-11,16-17H,2,12-14,21H2,1H3;1H/t16-,17+;/m0./s1. The number of halogens is 1. The van der Waals surface area contributed by atoms with Crippen molar-refractivity contribution in [1.82, 2.24) is 4.90 Å². The van der Waals surface area contributed by atoms with E-state index in [9.17, 15) is 4.79 Å². The Balaban J connectivity index is 0.00000243. The molecule has 2 N–H and O–H groups in total. The minimum atomic E-state index is -0.0554. The maximum Gasteiger partial charge on any atom is 0.260 e. The van der Waals surface area contributed by atoms with Gasteiger partial charge in [-0.15, -0.1) is 12.4 Å². The molecule has 1 saturated heterocycles. The van der Waals surface area contributed by atoms with E-state index in [1.165, 1.54) is 5.56 Å². The molecule has 0 radical (unpaired) electrons. The lowest BCUT2D eigenvalue weighted by atomic mass is 9.95. The SMILES string of the molecule is CCOc1ccccc1OCC(=O)N1C[C@@H](N)[C@H](c2ccccc2)C1.Cl. The van der Waals surface area contributed by atoms with Crippen molar-refractivity contribution in [3.8, 4) is 11.5 Å². The van der Waals surface area contributed by atoms with Crippen molar-refractivity contribution in [1.29, 1.82) is 0 Å². The molecule has 1 fully saturated rings. The summed E-state index contributed by atoms with van der Waals surface area (Å²) in [6.45, 7) is 3.62. The first-order valence-electron chi connectivity index (χ1n) is 8.62. The average molecular weight is 377 g/mol. The van der Waals surface area contributed by atoms with Crippen LogP contribution in [0.1, 0.15) is 18.4 Å². The van der Waals surface area contributed by atoms with E-state index >= 15 is 0 Å². The first-order chi connectivity index (χ1) is 12.2. The second-order valence-electron chi connectivity index (χ2n) is 6.15. The summed E-state index contributed by atoms with van der Waals surface area (Å²) < 4.78 is 11.2. The minimum absolute atomic E-state index is 0. The quantitative estimate of drug-likeness (QED) is 0.841. The average Bonchev–Trinajstić information content (AvgIpc) is 3.03. The molecular weight excluding hydrogens is 352 g/mol. The fourth-order valence-electron chi connectivity index (χ4n) is 3.16. The topological polar surface area (TPSA) is 64.8 Å². The van der Waals surface area contributed by atoms with Gasteiger partial charge in [-0.2, -0.15) is 0 Å². The van der Waals surface area contributed by atoms with Gasteiger partial charge in [0, 0.05) is 25.0 Å². The van der Waals surface area contributed by atoms with Crippen LogP contribution < -0.4 is 15.2 Å². The van der Waals surface area contributed by atoms with Crippen LogP contribution in [-0.4, -0.2) is 43.2 Å². The highest BCUT2D eigenvalue weighted by molar-refractivity contribution is 5.85. The fraction of sp³-hybridized carbons (Fsp3) is 0.350. The second kappa shape index (κ2) is 9.46. The van der Waals surface area contributed by atoms with Crippen LogP contribution >= 0.6 is 12.4 Å². The van der Waals surface area contributed by atoms with E-state index in [1.54, 1.807) is 11.0 Å². The zero-order valence-electron chi connectivity index (χ0n) is 14.8. The first kappa shape index (κ1) is 20.1. The molecule has 2 aromatic rings. The molecule has 140 valence electrons. The van der Waals surface area contributed by atoms with Crippen molar-refractivity contribution in [2.45, 2.75) is 18.9 Å². The number of likely N-dealkylation sites (tertiary alicyclic amines) is 1. The summed E-state index contributed by atoms with van der Waals surface area (Å²) in [7, 11) is 0. The lowest BCUT2D eigenvalue weighted by Crippen LogP contribution is -2.35. The Morgan fingerprint density at radius 1 is 1.04 bits per heavy atom. The molecule has 5 nitrogen and oxygen atoms in total. The van der Waals surface area contributed by atoms with Crippen LogP contribution in [0.15, 0.2) is 54.6 Å². The number of ether oxygens (including phenoxy) is 2. The number of para-hydroxylation sites is 2. The van der Waals surface area contributed by atoms with E-state index in [1.807, 2.05) is 43.3 Å². The largest absolute Gasteiger partial charge is 0.490 e. The van der Waals surface area contributed by atoms with Crippen LogP contribution in [0.5, 0.6) is 11.5 Å². The molecule has 0 bridgehead atoms. The molecule has 0 spiro atoms. The molecular formula is C20H25ClN2O3. The summed E-state index contributed by atoms with van der Waals surface area (Å²) in [5.41, 5.74) is 7.43. The van der Waals surface area contributed by atoms with Crippen molar-refractivity contribution >= 4 is 18.3 Å². The Morgan fingerprint density at radius 3 is 2.31 bits per heavy atom. The van der Waals surface area contributed by atoms with Gasteiger partial charge in [-0.25, -0.2) is 0 Å². The van der Waals surface area contributed by atoms with Crippen LogP contribution in [0.4, 0.5) is 0 Å². The van der Waals surface area contributed by atoms with Crippen LogP contribution in [0.3, 0.4) is 0 Å². The molecule has 0 unspecified atom stereocenters. The zero-order chi connectivity index (χ0) is 17.6. The summed E-state index contributed by atoms with van der Waals surface area (Å²) in [4.78, 5) is 14.3. The lowest BCUT2D eigenvalue weighted by Gasteiger charge is -2.17. The Hall–Kier alpha value is -2.24. The molecule has 0 aromatic heterocycles. The van der Waals surface area contributed by atoms with E-state index < -0.39 is 0 Å². The van der Waals surface area contributed by atoms with Gasteiger partial charge < -0.3 is 20.1 Å². The van der Waals surface area contributed by atoms with Gasteiger partial charge in [0.2, 0.25) is 0 Å². The van der Waals surface area contributed by atoms with Gasteiger partial charge in [0.05, 0.1) is 6.61 Å². The number of carbonyl (C=O) groups excluding carboxylic acids is 1. The van der Waals surface area contributed by atoms with Crippen molar-refractivity contribution in [2.75, 3.05) is 26.3 Å². The van der Waals surface area contributed by atoms with Crippen molar-refractivity contribution in [3.05, 3.63) is 60.2 Å². The highest BCUT2D eigenvalue weighted by atomic mass is 35.5. The van der Waals surface area contributed by atoms with E-state index in [4.69, 9.17) is 15.2 Å². The van der Waals surface area contributed by atoms with Crippen LogP contribution in [0.2, 0.25) is 0 Å². The third kappa shape index (κ3) is 4.68. The fourth-order valence-corrected chi connectivity index (χ4v) is 3.16. The highest BCUT2D eigenvalue weighted by Crippen LogP contribution is 2.28. The summed E-state index contributed by atoms with van der Waals surface area (Å²) in [5, 5.41) is 0. The normalized spacial score (nSPS) is 18.9. The number of amides is 1. The van der Waals surface area contributed by atoms with E-state index in [-0.39, 0.29) is 36.9 Å². The van der Waals surface area contributed by atoms with Gasteiger partial charge in [0.25, 0.3) is 5.91 Å². The summed E-state index contributed by atoms with van der Waals surface area (Å²) in [6, 6.07) is 17.4. The van der Waals surface area contributed by atoms with E-state index in [0.717, 1.165) is 0 Å². The number of nitrogens with two attached hydrogens (primary N) is 1. The molecule has 1 amide bonds. The van der Waals surface area contributed by atoms with Crippen LogP contribution in [-0.2, 0) is 4.79 Å². The number of benzene rings is 2. The molecule has 26 heavy (non-hydrogen) atoms. The molecule has 6 heteroatoms. The monoisotopic (exact) mass is 376 g/mol. The molecule has 1 aliphatic rings. The molecule has 2 aromatic carbocycles. The van der Waals surface area contributed by atoms with Gasteiger partial charge in [0.15, 0.2) is 18.1 Å². The number of hydrogen-bond donors (Lipinski definition) is 1. The first-order valence-corrected chi connectivity index (χ1v) is 8.62. The highest BCUT2D eigenvalue weighted by Gasteiger charge is 2.33. The number of carbonyl (C=O) groups is 1. The van der Waals surface area contributed by atoms with E-state index in [0.29, 0.717) is 31.2 Å². The number of nitrogens with zero attached hydrogens (tertiary/aromatic N) is 1. The predicted octanol–water partition coefficient (Wildman–Crippen LogP) is 2.84. The van der Waals surface area contributed by atoms with Crippen molar-refractivity contribution in [3.63, 3.8) is 0 Å². The zero-order valence-corrected chi connectivity index (χ0v) is 15.7. The smallest absolute Gasteiger partial charge is 0.260 e. The van der Waals surface area contributed by atoms with Gasteiger partial charge in [0.1, 0.15) is 0 Å². The Kier molecular flexibility index (Phi) is 7.30. The Morgan fingerprint density at radius 2 is 1.65 bits per heavy atom. The molecule has 0 aliphatic carbocycles. The lowest BCUT2D eigenvalue weighted by molar-refractivity contribution is -0.132. The molecule has 1 aliphatic heterocycles.